The summed E-state index contributed by atoms with van der Waals surface area (Å²) in [6, 6.07) is 4.17. The van der Waals surface area contributed by atoms with Crippen LogP contribution in [0.3, 0.4) is 0 Å². The molecule has 1 amide bonds. The van der Waals surface area contributed by atoms with Gasteiger partial charge in [-0.25, -0.2) is 8.42 Å². The van der Waals surface area contributed by atoms with Crippen molar-refractivity contribution in [1.82, 2.24) is 9.62 Å². The van der Waals surface area contributed by atoms with Crippen molar-refractivity contribution in [1.29, 1.82) is 0 Å². The molecule has 1 aromatic carbocycles. The first-order valence-corrected chi connectivity index (χ1v) is 9.73. The molecule has 1 aliphatic heterocycles. The maximum atomic E-state index is 12.7. The number of carbonyl (C=O) groups is 1. The van der Waals surface area contributed by atoms with Crippen LogP contribution in [0.15, 0.2) is 23.1 Å². The van der Waals surface area contributed by atoms with Gasteiger partial charge in [0.15, 0.2) is 0 Å². The third-order valence-corrected chi connectivity index (χ3v) is 6.37. The van der Waals surface area contributed by atoms with E-state index in [1.165, 1.54) is 22.5 Å². The number of sulfonamides is 1. The van der Waals surface area contributed by atoms with Gasteiger partial charge in [0.25, 0.3) is 5.91 Å². The maximum absolute atomic E-state index is 12.7. The van der Waals surface area contributed by atoms with Gasteiger partial charge in [-0.1, -0.05) is 25.4 Å². The van der Waals surface area contributed by atoms with Crippen LogP contribution in [0.5, 0.6) is 0 Å². The quantitative estimate of drug-likeness (QED) is 0.856. The first-order chi connectivity index (χ1) is 11.2. The molecule has 8 heteroatoms. The fraction of sp³-hybridized carbons (Fsp3) is 0.562. The van der Waals surface area contributed by atoms with Gasteiger partial charge >= 0.3 is 0 Å². The van der Waals surface area contributed by atoms with E-state index in [1.807, 2.05) is 20.8 Å². The topological polar surface area (TPSA) is 75.7 Å². The fourth-order valence-electron chi connectivity index (χ4n) is 2.23. The average molecular weight is 375 g/mol. The van der Waals surface area contributed by atoms with Crippen molar-refractivity contribution in [3.8, 4) is 0 Å². The van der Waals surface area contributed by atoms with Crippen molar-refractivity contribution in [2.75, 3.05) is 26.3 Å². The SMILES string of the molecule is CC(C)[C@H](C)NC(=O)c1cc(S(=O)(=O)N2CCOCC2)ccc1Cl. The Morgan fingerprint density at radius 2 is 1.88 bits per heavy atom. The molecule has 6 nitrogen and oxygen atoms in total. The number of carbonyl (C=O) groups excluding carboxylic acids is 1. The molecule has 0 saturated carbocycles. The molecule has 24 heavy (non-hydrogen) atoms. The molecule has 0 spiro atoms. The molecule has 0 bridgehead atoms. The molecule has 1 heterocycles. The summed E-state index contributed by atoms with van der Waals surface area (Å²) in [4.78, 5) is 12.5. The van der Waals surface area contributed by atoms with Gasteiger partial charge in [0, 0.05) is 19.1 Å². The number of nitrogens with zero attached hydrogens (tertiary/aromatic N) is 1. The third-order valence-electron chi connectivity index (χ3n) is 4.15. The minimum Gasteiger partial charge on any atom is -0.379 e. The zero-order chi connectivity index (χ0) is 17.9. The van der Waals surface area contributed by atoms with Crippen molar-refractivity contribution in [2.45, 2.75) is 31.7 Å². The summed E-state index contributed by atoms with van der Waals surface area (Å²) in [5.74, 6) is -0.117. The van der Waals surface area contributed by atoms with Crippen LogP contribution < -0.4 is 5.32 Å². The largest absolute Gasteiger partial charge is 0.379 e. The highest BCUT2D eigenvalue weighted by molar-refractivity contribution is 7.89. The number of ether oxygens (including phenoxy) is 1. The predicted octanol–water partition coefficient (Wildman–Crippen LogP) is 2.14. The van der Waals surface area contributed by atoms with Gasteiger partial charge < -0.3 is 10.1 Å². The van der Waals surface area contributed by atoms with Gasteiger partial charge in [-0.15, -0.1) is 0 Å². The molecule has 1 N–H and O–H groups in total. The van der Waals surface area contributed by atoms with Crippen molar-refractivity contribution >= 4 is 27.5 Å². The first-order valence-electron chi connectivity index (χ1n) is 7.92. The van der Waals surface area contributed by atoms with Crippen LogP contribution in [0.1, 0.15) is 31.1 Å². The van der Waals surface area contributed by atoms with Gasteiger partial charge in [-0.3, -0.25) is 4.79 Å². The Kier molecular flexibility index (Phi) is 6.25. The number of amides is 1. The van der Waals surface area contributed by atoms with E-state index in [0.717, 1.165) is 0 Å². The standard InChI is InChI=1S/C16H23ClN2O4S/c1-11(2)12(3)18-16(20)14-10-13(4-5-15(14)17)24(21,22)19-6-8-23-9-7-19/h4-5,10-12H,6-9H2,1-3H3,(H,18,20)/t12-/m0/s1. The maximum Gasteiger partial charge on any atom is 0.253 e. The molecule has 1 aromatic rings. The highest BCUT2D eigenvalue weighted by atomic mass is 35.5. The summed E-state index contributed by atoms with van der Waals surface area (Å²) in [5, 5.41) is 3.07. The van der Waals surface area contributed by atoms with Crippen molar-refractivity contribution in [3.63, 3.8) is 0 Å². The monoisotopic (exact) mass is 374 g/mol. The number of morpholine rings is 1. The van der Waals surface area contributed by atoms with Gasteiger partial charge in [0.1, 0.15) is 0 Å². The predicted molar refractivity (Wildman–Crippen MR) is 92.8 cm³/mol. The second-order valence-corrected chi connectivity index (χ2v) is 8.51. The van der Waals surface area contributed by atoms with Gasteiger partial charge in [0.05, 0.1) is 28.7 Å². The Labute approximate surface area is 148 Å². The third kappa shape index (κ3) is 4.27. The summed E-state index contributed by atoms with van der Waals surface area (Å²) in [6.45, 7) is 7.22. The van der Waals surface area contributed by atoms with Crippen LogP contribution in [-0.2, 0) is 14.8 Å². The molecule has 1 saturated heterocycles. The lowest BCUT2D eigenvalue weighted by Crippen LogP contribution is -2.40. The highest BCUT2D eigenvalue weighted by Gasteiger charge is 2.27. The summed E-state index contributed by atoms with van der Waals surface area (Å²) >= 11 is 6.10. The van der Waals surface area contributed by atoms with E-state index in [2.05, 4.69) is 5.32 Å². The molecule has 1 aliphatic rings. The summed E-state index contributed by atoms with van der Waals surface area (Å²) in [6.07, 6.45) is 0. The minimum atomic E-state index is -3.66. The average Bonchev–Trinajstić information content (AvgIpc) is 2.55. The fourth-order valence-corrected chi connectivity index (χ4v) is 3.86. The second kappa shape index (κ2) is 7.82. The van der Waals surface area contributed by atoms with Crippen molar-refractivity contribution in [3.05, 3.63) is 28.8 Å². The van der Waals surface area contributed by atoms with E-state index in [9.17, 15) is 13.2 Å². The number of hydrogen-bond donors (Lipinski definition) is 1. The lowest BCUT2D eigenvalue weighted by Gasteiger charge is -2.26. The van der Waals surface area contributed by atoms with Crippen LogP contribution in [0.25, 0.3) is 0 Å². The lowest BCUT2D eigenvalue weighted by molar-refractivity contribution is 0.0730. The number of hydrogen-bond acceptors (Lipinski definition) is 4. The zero-order valence-electron chi connectivity index (χ0n) is 14.1. The van der Waals surface area contributed by atoms with E-state index in [4.69, 9.17) is 16.3 Å². The Morgan fingerprint density at radius 3 is 2.46 bits per heavy atom. The smallest absolute Gasteiger partial charge is 0.253 e. The van der Waals surface area contributed by atoms with E-state index in [-0.39, 0.29) is 33.3 Å². The molecule has 1 atom stereocenters. The van der Waals surface area contributed by atoms with E-state index in [1.54, 1.807) is 0 Å². The second-order valence-electron chi connectivity index (χ2n) is 6.16. The molecule has 0 radical (unpaired) electrons. The van der Waals surface area contributed by atoms with Crippen LogP contribution in [-0.4, -0.2) is 51.0 Å². The Morgan fingerprint density at radius 1 is 1.25 bits per heavy atom. The summed E-state index contributed by atoms with van der Waals surface area (Å²) < 4.78 is 31.9. The van der Waals surface area contributed by atoms with Crippen LogP contribution in [0.2, 0.25) is 5.02 Å². The number of rotatable bonds is 5. The molecule has 0 aromatic heterocycles. The molecule has 1 fully saturated rings. The van der Waals surface area contributed by atoms with Crippen molar-refractivity contribution in [2.24, 2.45) is 5.92 Å². The van der Waals surface area contributed by atoms with Crippen molar-refractivity contribution < 1.29 is 17.9 Å². The van der Waals surface area contributed by atoms with E-state index < -0.39 is 10.0 Å². The van der Waals surface area contributed by atoms with E-state index >= 15 is 0 Å². The summed E-state index contributed by atoms with van der Waals surface area (Å²) in [7, 11) is -3.66. The Hall–Kier alpha value is -1.15. The highest BCUT2D eigenvalue weighted by Crippen LogP contribution is 2.24. The Bertz CT molecular complexity index is 700. The molecular formula is C16H23ClN2O4S. The number of nitrogens with one attached hydrogen (secondary N) is 1. The first kappa shape index (κ1) is 19.2. The van der Waals surface area contributed by atoms with Crippen LogP contribution in [0, 0.1) is 5.92 Å². The molecule has 0 unspecified atom stereocenters. The van der Waals surface area contributed by atoms with Gasteiger partial charge in [-0.05, 0) is 31.0 Å². The van der Waals surface area contributed by atoms with Gasteiger partial charge in [0.2, 0.25) is 10.0 Å². The number of halogens is 1. The zero-order valence-corrected chi connectivity index (χ0v) is 15.7. The van der Waals surface area contributed by atoms with Crippen LogP contribution in [0.4, 0.5) is 0 Å². The van der Waals surface area contributed by atoms with Gasteiger partial charge in [-0.2, -0.15) is 4.31 Å². The van der Waals surface area contributed by atoms with E-state index in [0.29, 0.717) is 26.3 Å². The normalized spacial score (nSPS) is 17.7. The Balaban J connectivity index is 2.29. The molecular weight excluding hydrogens is 352 g/mol. The molecule has 134 valence electrons. The molecule has 2 rings (SSSR count). The number of benzene rings is 1. The van der Waals surface area contributed by atoms with Crippen LogP contribution >= 0.6 is 11.6 Å². The lowest BCUT2D eigenvalue weighted by atomic mass is 10.1. The molecule has 0 aliphatic carbocycles. The minimum absolute atomic E-state index is 0.0481. The summed E-state index contributed by atoms with van der Waals surface area (Å²) in [5.41, 5.74) is 0.165.